The maximum atomic E-state index is 13.7. The summed E-state index contributed by atoms with van der Waals surface area (Å²) in [5.74, 6) is -3.43. The number of aryl methyl sites for hydroxylation is 1. The van der Waals surface area contributed by atoms with E-state index in [2.05, 4.69) is 0 Å². The van der Waals surface area contributed by atoms with Gasteiger partial charge in [-0.2, -0.15) is 0 Å². The summed E-state index contributed by atoms with van der Waals surface area (Å²) in [7, 11) is 0. The Morgan fingerprint density at radius 2 is 2.05 bits per heavy atom. The van der Waals surface area contributed by atoms with Crippen molar-refractivity contribution in [2.24, 2.45) is 0 Å². The lowest BCUT2D eigenvalue weighted by atomic mass is 9.81. The summed E-state index contributed by atoms with van der Waals surface area (Å²) in [4.78, 5) is 11.3. The third-order valence-corrected chi connectivity index (χ3v) is 4.65. The lowest BCUT2D eigenvalue weighted by Gasteiger charge is -2.30. The maximum absolute atomic E-state index is 13.7. The Morgan fingerprint density at radius 1 is 1.32 bits per heavy atom. The molecule has 0 radical (unpaired) electrons. The minimum Gasteiger partial charge on any atom is -0.478 e. The highest BCUT2D eigenvalue weighted by Crippen LogP contribution is 2.47. The second-order valence-electron chi connectivity index (χ2n) is 6.59. The normalized spacial score (nSPS) is 25.5. The average Bonchev–Trinajstić information content (AvgIpc) is 3.18. The molecule has 0 spiro atoms. The molecular formula is C17H20F2O3. The summed E-state index contributed by atoms with van der Waals surface area (Å²) in [6, 6.07) is 5.45. The van der Waals surface area contributed by atoms with Gasteiger partial charge in [0, 0.05) is 25.7 Å². The zero-order valence-electron chi connectivity index (χ0n) is 12.6. The molecule has 5 heteroatoms. The lowest BCUT2D eigenvalue weighted by Crippen LogP contribution is -2.30. The van der Waals surface area contributed by atoms with Crippen LogP contribution in [-0.4, -0.2) is 22.6 Å². The molecule has 1 atom stereocenters. The Hall–Kier alpha value is -1.65. The van der Waals surface area contributed by atoms with Crippen LogP contribution in [0.4, 0.5) is 8.78 Å². The molecule has 0 aliphatic heterocycles. The summed E-state index contributed by atoms with van der Waals surface area (Å²) < 4.78 is 33.2. The quantitative estimate of drug-likeness (QED) is 0.902. The van der Waals surface area contributed by atoms with E-state index in [-0.39, 0.29) is 18.8 Å². The number of benzene rings is 1. The van der Waals surface area contributed by atoms with Crippen molar-refractivity contribution in [2.75, 3.05) is 0 Å². The second kappa shape index (κ2) is 5.21. The Morgan fingerprint density at radius 3 is 2.64 bits per heavy atom. The molecule has 3 nitrogen and oxygen atoms in total. The molecule has 0 amide bonds. The number of carbonyl (C=O) groups is 1. The highest BCUT2D eigenvalue weighted by atomic mass is 19.3. The van der Waals surface area contributed by atoms with Crippen LogP contribution in [0.5, 0.6) is 5.75 Å². The molecule has 2 aliphatic carbocycles. The van der Waals surface area contributed by atoms with Gasteiger partial charge >= 0.3 is 5.97 Å². The monoisotopic (exact) mass is 310 g/mol. The average molecular weight is 310 g/mol. The van der Waals surface area contributed by atoms with Gasteiger partial charge in [-0.1, -0.05) is 12.1 Å². The number of ether oxygens (including phenoxy) is 1. The van der Waals surface area contributed by atoms with Gasteiger partial charge in [0.05, 0.1) is 0 Å². The maximum Gasteiger partial charge on any atom is 0.348 e. The lowest BCUT2D eigenvalue weighted by molar-refractivity contribution is -0.147. The largest absolute Gasteiger partial charge is 0.478 e. The van der Waals surface area contributed by atoms with Gasteiger partial charge in [0.15, 0.2) is 0 Å². The van der Waals surface area contributed by atoms with Crippen LogP contribution in [0, 0.1) is 6.92 Å². The third kappa shape index (κ3) is 2.94. The van der Waals surface area contributed by atoms with Crippen LogP contribution in [0.3, 0.4) is 0 Å². The SMILES string of the molecule is Cc1ccc(C2CCCC(F)(F)C2)c(OC2(C(=O)O)CC2)c1. The molecule has 1 N–H and O–H groups in total. The summed E-state index contributed by atoms with van der Waals surface area (Å²) in [5, 5.41) is 9.27. The summed E-state index contributed by atoms with van der Waals surface area (Å²) in [6.07, 6.45) is 1.86. The van der Waals surface area contributed by atoms with Crippen molar-refractivity contribution in [1.82, 2.24) is 0 Å². The predicted octanol–water partition coefficient (Wildman–Crippen LogP) is 4.28. The molecule has 0 saturated heterocycles. The van der Waals surface area contributed by atoms with Gasteiger partial charge in [0.25, 0.3) is 0 Å². The van der Waals surface area contributed by atoms with Crippen molar-refractivity contribution in [2.45, 2.75) is 62.9 Å². The van der Waals surface area contributed by atoms with Gasteiger partial charge in [0.1, 0.15) is 5.75 Å². The first kappa shape index (κ1) is 15.3. The van der Waals surface area contributed by atoms with Gasteiger partial charge in [-0.15, -0.1) is 0 Å². The van der Waals surface area contributed by atoms with E-state index in [0.717, 1.165) is 11.1 Å². The first-order chi connectivity index (χ1) is 10.3. The van der Waals surface area contributed by atoms with Gasteiger partial charge in [-0.25, -0.2) is 13.6 Å². The fourth-order valence-electron chi connectivity index (χ4n) is 3.19. The van der Waals surface area contributed by atoms with Crippen LogP contribution < -0.4 is 4.74 Å². The number of halogens is 2. The molecule has 2 aliphatic rings. The Kier molecular flexibility index (Phi) is 3.62. The number of carboxylic acid groups (broad SMARTS) is 1. The smallest absolute Gasteiger partial charge is 0.348 e. The molecule has 22 heavy (non-hydrogen) atoms. The predicted molar refractivity (Wildman–Crippen MR) is 77.6 cm³/mol. The van der Waals surface area contributed by atoms with Crippen LogP contribution in [0.25, 0.3) is 0 Å². The molecule has 1 aromatic rings. The van der Waals surface area contributed by atoms with Crippen molar-refractivity contribution in [3.8, 4) is 5.75 Å². The van der Waals surface area contributed by atoms with E-state index < -0.39 is 17.5 Å². The standard InChI is InChI=1S/C17H20F2O3/c1-11-4-5-13(12-3-2-6-17(18,19)10-12)14(9-11)22-16(7-8-16)15(20)21/h4-5,9,12H,2-3,6-8,10H2,1H3,(H,20,21). The van der Waals surface area contributed by atoms with Gasteiger partial charge in [0.2, 0.25) is 11.5 Å². The number of carboxylic acids is 1. The molecular weight excluding hydrogens is 290 g/mol. The highest BCUT2D eigenvalue weighted by molar-refractivity contribution is 5.81. The molecule has 2 saturated carbocycles. The molecule has 2 fully saturated rings. The number of hydrogen-bond donors (Lipinski definition) is 1. The molecule has 1 unspecified atom stereocenters. The summed E-state index contributed by atoms with van der Waals surface area (Å²) in [5.41, 5.74) is 0.500. The topological polar surface area (TPSA) is 46.5 Å². The summed E-state index contributed by atoms with van der Waals surface area (Å²) in [6.45, 7) is 1.88. The van der Waals surface area contributed by atoms with Crippen molar-refractivity contribution in [1.29, 1.82) is 0 Å². The van der Waals surface area contributed by atoms with Gasteiger partial charge in [-0.3, -0.25) is 0 Å². The van der Waals surface area contributed by atoms with E-state index >= 15 is 0 Å². The van der Waals surface area contributed by atoms with Crippen LogP contribution in [0.15, 0.2) is 18.2 Å². The van der Waals surface area contributed by atoms with Crippen LogP contribution in [0.1, 0.15) is 55.6 Å². The molecule has 0 heterocycles. The van der Waals surface area contributed by atoms with Crippen molar-refractivity contribution in [3.63, 3.8) is 0 Å². The first-order valence-corrected chi connectivity index (χ1v) is 7.72. The fourth-order valence-corrected chi connectivity index (χ4v) is 3.19. The Bertz CT molecular complexity index is 594. The minimum atomic E-state index is -2.64. The van der Waals surface area contributed by atoms with E-state index in [9.17, 15) is 18.7 Å². The molecule has 0 bridgehead atoms. The third-order valence-electron chi connectivity index (χ3n) is 4.65. The Labute approximate surface area is 128 Å². The minimum absolute atomic E-state index is 0.0649. The number of alkyl halides is 2. The second-order valence-corrected chi connectivity index (χ2v) is 6.59. The fraction of sp³-hybridized carbons (Fsp3) is 0.588. The molecule has 0 aromatic heterocycles. The van der Waals surface area contributed by atoms with E-state index in [1.54, 1.807) is 6.07 Å². The number of hydrogen-bond acceptors (Lipinski definition) is 2. The van der Waals surface area contributed by atoms with Crippen LogP contribution in [-0.2, 0) is 4.79 Å². The number of aliphatic carboxylic acids is 1. The van der Waals surface area contributed by atoms with Crippen LogP contribution in [0.2, 0.25) is 0 Å². The summed E-state index contributed by atoms with van der Waals surface area (Å²) >= 11 is 0. The van der Waals surface area contributed by atoms with Gasteiger partial charge in [-0.05, 0) is 42.9 Å². The number of rotatable bonds is 4. The van der Waals surface area contributed by atoms with Crippen molar-refractivity contribution in [3.05, 3.63) is 29.3 Å². The van der Waals surface area contributed by atoms with E-state index in [0.29, 0.717) is 31.4 Å². The zero-order valence-corrected chi connectivity index (χ0v) is 12.6. The molecule has 120 valence electrons. The van der Waals surface area contributed by atoms with E-state index in [1.807, 2.05) is 19.1 Å². The van der Waals surface area contributed by atoms with Crippen molar-refractivity contribution >= 4 is 5.97 Å². The Balaban J connectivity index is 1.89. The van der Waals surface area contributed by atoms with Gasteiger partial charge < -0.3 is 9.84 Å². The zero-order chi connectivity index (χ0) is 16.0. The molecule has 3 rings (SSSR count). The van der Waals surface area contributed by atoms with Crippen molar-refractivity contribution < 1.29 is 23.4 Å². The van der Waals surface area contributed by atoms with Crippen LogP contribution >= 0.6 is 0 Å². The molecule has 1 aromatic carbocycles. The first-order valence-electron chi connectivity index (χ1n) is 7.72. The van der Waals surface area contributed by atoms with E-state index in [4.69, 9.17) is 4.74 Å². The highest BCUT2D eigenvalue weighted by Gasteiger charge is 2.54. The van der Waals surface area contributed by atoms with E-state index in [1.165, 1.54) is 0 Å².